The lowest BCUT2D eigenvalue weighted by atomic mass is 9.75. The zero-order valence-electron chi connectivity index (χ0n) is 19.0. The Morgan fingerprint density at radius 2 is 0.467 bits per heavy atom. The van der Waals surface area contributed by atoms with Crippen molar-refractivity contribution in [1.82, 2.24) is 0 Å². The molecule has 0 saturated heterocycles. The fraction of sp³-hybridized carbons (Fsp3) is 1.00. The summed E-state index contributed by atoms with van der Waals surface area (Å²) in [5.41, 5.74) is -0.380. The van der Waals surface area contributed by atoms with Crippen molar-refractivity contribution < 1.29 is 30.6 Å². The molecular formula is C24H48O6. The summed E-state index contributed by atoms with van der Waals surface area (Å²) in [6, 6.07) is 0. The predicted octanol–water partition coefficient (Wildman–Crippen LogP) is 2.76. The average molecular weight is 433 g/mol. The Labute approximate surface area is 183 Å². The summed E-state index contributed by atoms with van der Waals surface area (Å²) < 4.78 is 0. The SMILES string of the molecule is OCC1(CO)CCCCC1.OCC1(CO)CCCCC1.OCC1(CO)CCCCC1. The molecule has 0 aromatic carbocycles. The van der Waals surface area contributed by atoms with E-state index in [0.717, 1.165) is 38.5 Å². The van der Waals surface area contributed by atoms with Gasteiger partial charge in [-0.25, -0.2) is 0 Å². The minimum Gasteiger partial charge on any atom is -0.396 e. The maximum Gasteiger partial charge on any atom is 0.0509 e. The van der Waals surface area contributed by atoms with Crippen LogP contribution in [-0.4, -0.2) is 70.3 Å². The van der Waals surface area contributed by atoms with Crippen LogP contribution in [0, 0.1) is 16.2 Å². The second kappa shape index (κ2) is 14.8. The molecule has 0 amide bonds. The van der Waals surface area contributed by atoms with Gasteiger partial charge in [-0.2, -0.15) is 0 Å². The van der Waals surface area contributed by atoms with E-state index in [2.05, 4.69) is 0 Å². The van der Waals surface area contributed by atoms with E-state index >= 15 is 0 Å². The Bertz CT molecular complexity index is 330. The van der Waals surface area contributed by atoms with Gasteiger partial charge in [0.25, 0.3) is 0 Å². The lowest BCUT2D eigenvalue weighted by molar-refractivity contribution is 0.0233. The number of aliphatic hydroxyl groups excluding tert-OH is 6. The molecule has 3 rings (SSSR count). The normalized spacial score (nSPS) is 24.6. The lowest BCUT2D eigenvalue weighted by Gasteiger charge is -2.33. The van der Waals surface area contributed by atoms with Crippen LogP contribution in [0.5, 0.6) is 0 Å². The number of hydrogen-bond acceptors (Lipinski definition) is 6. The van der Waals surface area contributed by atoms with Crippen LogP contribution in [-0.2, 0) is 0 Å². The highest BCUT2D eigenvalue weighted by molar-refractivity contribution is 4.82. The summed E-state index contributed by atoms with van der Waals surface area (Å²) in [5.74, 6) is 0. The molecule has 0 aromatic heterocycles. The first-order valence-electron chi connectivity index (χ1n) is 12.1. The Morgan fingerprint density at radius 3 is 0.567 bits per heavy atom. The molecule has 0 unspecified atom stereocenters. The van der Waals surface area contributed by atoms with E-state index in [4.69, 9.17) is 30.6 Å². The van der Waals surface area contributed by atoms with E-state index in [1.54, 1.807) is 0 Å². The van der Waals surface area contributed by atoms with Gasteiger partial charge in [0.15, 0.2) is 0 Å². The van der Waals surface area contributed by atoms with Crippen LogP contribution < -0.4 is 0 Å². The number of rotatable bonds is 6. The van der Waals surface area contributed by atoms with Crippen LogP contribution in [0.4, 0.5) is 0 Å². The largest absolute Gasteiger partial charge is 0.396 e. The van der Waals surface area contributed by atoms with Crippen LogP contribution in [0.1, 0.15) is 96.3 Å². The third kappa shape index (κ3) is 8.71. The highest BCUT2D eigenvalue weighted by atomic mass is 16.3. The zero-order chi connectivity index (χ0) is 22.3. The van der Waals surface area contributed by atoms with Crippen molar-refractivity contribution in [3.05, 3.63) is 0 Å². The van der Waals surface area contributed by atoms with Crippen LogP contribution in [0.2, 0.25) is 0 Å². The Balaban J connectivity index is 0.000000225. The Morgan fingerprint density at radius 1 is 0.300 bits per heavy atom. The fourth-order valence-corrected chi connectivity index (χ4v) is 5.00. The Hall–Kier alpha value is -0.240. The average Bonchev–Trinajstić information content (AvgIpc) is 2.86. The molecule has 3 saturated carbocycles. The van der Waals surface area contributed by atoms with E-state index in [9.17, 15) is 0 Å². The minimum absolute atomic E-state index is 0.127. The zero-order valence-corrected chi connectivity index (χ0v) is 19.0. The van der Waals surface area contributed by atoms with Gasteiger partial charge in [-0.05, 0) is 38.5 Å². The quantitative estimate of drug-likeness (QED) is 0.384. The van der Waals surface area contributed by atoms with E-state index in [0.29, 0.717) is 0 Å². The van der Waals surface area contributed by atoms with Crippen molar-refractivity contribution in [2.24, 2.45) is 16.2 Å². The molecule has 6 N–H and O–H groups in total. The molecule has 0 bridgehead atoms. The second-order valence-corrected chi connectivity index (χ2v) is 10.1. The molecule has 6 nitrogen and oxygen atoms in total. The van der Waals surface area contributed by atoms with Crippen LogP contribution >= 0.6 is 0 Å². The summed E-state index contributed by atoms with van der Waals surface area (Å²) in [6.07, 6.45) is 16.8. The smallest absolute Gasteiger partial charge is 0.0509 e. The van der Waals surface area contributed by atoms with Crippen LogP contribution in [0.25, 0.3) is 0 Å². The first kappa shape index (κ1) is 27.8. The first-order valence-corrected chi connectivity index (χ1v) is 12.1. The fourth-order valence-electron chi connectivity index (χ4n) is 5.00. The van der Waals surface area contributed by atoms with Gasteiger partial charge >= 0.3 is 0 Å². The molecule has 0 radical (unpaired) electrons. The van der Waals surface area contributed by atoms with Crippen LogP contribution in [0.15, 0.2) is 0 Å². The molecule has 0 aliphatic heterocycles. The molecule has 30 heavy (non-hydrogen) atoms. The van der Waals surface area contributed by atoms with Crippen molar-refractivity contribution in [3.63, 3.8) is 0 Å². The molecule has 3 aliphatic rings. The monoisotopic (exact) mass is 432 g/mol. The predicted molar refractivity (Wildman–Crippen MR) is 119 cm³/mol. The van der Waals surface area contributed by atoms with Gasteiger partial charge in [0, 0.05) is 16.2 Å². The molecule has 0 aromatic rings. The van der Waals surface area contributed by atoms with E-state index < -0.39 is 0 Å². The molecule has 0 heterocycles. The van der Waals surface area contributed by atoms with Gasteiger partial charge in [-0.15, -0.1) is 0 Å². The van der Waals surface area contributed by atoms with Crippen molar-refractivity contribution in [2.45, 2.75) is 96.3 Å². The lowest BCUT2D eigenvalue weighted by Crippen LogP contribution is -2.31. The van der Waals surface area contributed by atoms with Crippen molar-refractivity contribution >= 4 is 0 Å². The van der Waals surface area contributed by atoms with Crippen molar-refractivity contribution in [3.8, 4) is 0 Å². The van der Waals surface area contributed by atoms with E-state index in [1.165, 1.54) is 57.8 Å². The van der Waals surface area contributed by atoms with E-state index in [-0.39, 0.29) is 55.9 Å². The summed E-state index contributed by atoms with van der Waals surface area (Å²) >= 11 is 0. The maximum absolute atomic E-state index is 8.98. The molecule has 3 aliphatic carbocycles. The molecule has 3 fully saturated rings. The van der Waals surface area contributed by atoms with Gasteiger partial charge in [0.05, 0.1) is 39.6 Å². The highest BCUT2D eigenvalue weighted by Crippen LogP contribution is 2.36. The van der Waals surface area contributed by atoms with Gasteiger partial charge < -0.3 is 30.6 Å². The minimum atomic E-state index is -0.127. The molecule has 6 heteroatoms. The summed E-state index contributed by atoms with van der Waals surface area (Å²) in [6.45, 7) is 0.938. The van der Waals surface area contributed by atoms with Gasteiger partial charge in [0.1, 0.15) is 0 Å². The molecule has 0 atom stereocenters. The standard InChI is InChI=1S/3C8H16O2/c3*9-6-8(7-10)4-2-1-3-5-8/h3*9-10H,1-7H2. The van der Waals surface area contributed by atoms with Gasteiger partial charge in [-0.1, -0.05) is 57.8 Å². The molecular weight excluding hydrogens is 384 g/mol. The highest BCUT2D eigenvalue weighted by Gasteiger charge is 2.31. The van der Waals surface area contributed by atoms with E-state index in [1.807, 2.05) is 0 Å². The maximum atomic E-state index is 8.98. The number of aliphatic hydroxyl groups is 6. The first-order chi connectivity index (χ1) is 14.5. The summed E-state index contributed by atoms with van der Waals surface area (Å²) in [4.78, 5) is 0. The van der Waals surface area contributed by atoms with Crippen LogP contribution in [0.3, 0.4) is 0 Å². The van der Waals surface area contributed by atoms with Crippen molar-refractivity contribution in [2.75, 3.05) is 39.6 Å². The van der Waals surface area contributed by atoms with Gasteiger partial charge in [-0.3, -0.25) is 0 Å². The second-order valence-electron chi connectivity index (χ2n) is 10.1. The third-order valence-corrected chi connectivity index (χ3v) is 7.76. The Kier molecular flexibility index (Phi) is 13.7. The number of hydrogen-bond donors (Lipinski definition) is 6. The topological polar surface area (TPSA) is 121 Å². The third-order valence-electron chi connectivity index (χ3n) is 7.76. The van der Waals surface area contributed by atoms with Crippen molar-refractivity contribution in [1.29, 1.82) is 0 Å². The summed E-state index contributed by atoms with van der Waals surface area (Å²) in [5, 5.41) is 53.9. The van der Waals surface area contributed by atoms with Gasteiger partial charge in [0.2, 0.25) is 0 Å². The molecule has 0 spiro atoms. The summed E-state index contributed by atoms with van der Waals surface area (Å²) in [7, 11) is 0. The molecule has 180 valence electrons.